The van der Waals surface area contributed by atoms with Crippen LogP contribution in [0.15, 0.2) is 72.8 Å². The van der Waals surface area contributed by atoms with Crippen molar-refractivity contribution in [3.05, 3.63) is 106 Å². The molecule has 0 fully saturated rings. The first kappa shape index (κ1) is 45.0. The van der Waals surface area contributed by atoms with Crippen LogP contribution in [0.4, 0.5) is 0 Å². The summed E-state index contributed by atoms with van der Waals surface area (Å²) in [6, 6.07) is 24.0. The van der Waals surface area contributed by atoms with Gasteiger partial charge in [-0.25, -0.2) is 9.97 Å². The van der Waals surface area contributed by atoms with E-state index >= 15 is 0 Å². The third-order valence-corrected chi connectivity index (χ3v) is 9.05. The Morgan fingerprint density at radius 2 is 0.633 bits per heavy atom. The monoisotopic (exact) mass is 808 g/mol. The second kappa shape index (κ2) is 23.5. The summed E-state index contributed by atoms with van der Waals surface area (Å²) >= 11 is 0. The summed E-state index contributed by atoms with van der Waals surface area (Å²) < 4.78 is 36.5. The quantitative estimate of drug-likeness (QED) is 0.0719. The largest absolute Gasteiger partial charge is 0.490 e. The molecule has 0 unspecified atom stereocenters. The molecule has 314 valence electrons. The molecule has 5 aromatic rings. The van der Waals surface area contributed by atoms with E-state index in [0.29, 0.717) is 74.1 Å². The zero-order chi connectivity index (χ0) is 42.7. The van der Waals surface area contributed by atoms with E-state index in [1.54, 1.807) is 0 Å². The number of aromatic nitrogens is 2. The van der Waals surface area contributed by atoms with E-state index in [1.807, 2.05) is 86.6 Å². The summed E-state index contributed by atoms with van der Waals surface area (Å²) in [4.78, 5) is 10.0. The Balaban J connectivity index is 1.34. The highest BCUT2D eigenvalue weighted by Crippen LogP contribution is 2.40. The third kappa shape index (κ3) is 12.4. The molecule has 0 N–H and O–H groups in total. The molecule has 4 aromatic carbocycles. The molecule has 0 bridgehead atoms. The van der Waals surface area contributed by atoms with Gasteiger partial charge in [-0.3, -0.25) is 0 Å². The van der Waals surface area contributed by atoms with Gasteiger partial charge in [0.25, 0.3) is 0 Å². The van der Waals surface area contributed by atoms with Gasteiger partial charge in [0, 0.05) is 33.4 Å². The molecule has 1 aromatic heterocycles. The van der Waals surface area contributed by atoms with E-state index in [4.69, 9.17) is 38.4 Å². The Morgan fingerprint density at radius 1 is 0.367 bits per heavy atom. The maximum Gasteiger partial charge on any atom is 0.203 e. The van der Waals surface area contributed by atoms with E-state index in [2.05, 4.69) is 65.2 Å². The zero-order valence-corrected chi connectivity index (χ0v) is 36.8. The van der Waals surface area contributed by atoms with Gasteiger partial charge in [-0.05, 0) is 101 Å². The molecule has 5 rings (SSSR count). The van der Waals surface area contributed by atoms with Gasteiger partial charge in [0.1, 0.15) is 0 Å². The van der Waals surface area contributed by atoms with Gasteiger partial charge in [-0.1, -0.05) is 89.5 Å². The van der Waals surface area contributed by atoms with E-state index in [-0.39, 0.29) is 0 Å². The average molecular weight is 809 g/mol. The minimum atomic E-state index is 0.581. The molecule has 8 heteroatoms. The van der Waals surface area contributed by atoms with E-state index in [9.17, 15) is 0 Å². The van der Waals surface area contributed by atoms with Crippen LogP contribution in [0.25, 0.3) is 22.5 Å². The Hall–Kier alpha value is -6.12. The van der Waals surface area contributed by atoms with Crippen LogP contribution in [0.1, 0.15) is 114 Å². The highest BCUT2D eigenvalue weighted by molar-refractivity contribution is 5.69. The molecule has 60 heavy (non-hydrogen) atoms. The van der Waals surface area contributed by atoms with Crippen molar-refractivity contribution < 1.29 is 28.4 Å². The molecule has 0 saturated carbocycles. The van der Waals surface area contributed by atoms with Crippen LogP contribution in [-0.4, -0.2) is 49.6 Å². The second-order valence-corrected chi connectivity index (χ2v) is 14.4. The normalized spacial score (nSPS) is 10.5. The minimum absolute atomic E-state index is 0.581. The van der Waals surface area contributed by atoms with Gasteiger partial charge in [-0.2, -0.15) is 0 Å². The van der Waals surface area contributed by atoms with Gasteiger partial charge >= 0.3 is 0 Å². The van der Waals surface area contributed by atoms with Gasteiger partial charge in [0.15, 0.2) is 23.0 Å². The molecule has 1 heterocycles. The zero-order valence-electron chi connectivity index (χ0n) is 36.8. The van der Waals surface area contributed by atoms with Crippen LogP contribution < -0.4 is 28.4 Å². The topological polar surface area (TPSA) is 81.2 Å². The van der Waals surface area contributed by atoms with Gasteiger partial charge in [0.2, 0.25) is 11.5 Å². The first-order chi connectivity index (χ1) is 29.3. The minimum Gasteiger partial charge on any atom is -0.490 e. The lowest BCUT2D eigenvalue weighted by molar-refractivity contribution is 0.243. The maximum atomic E-state index is 6.08. The van der Waals surface area contributed by atoms with Crippen LogP contribution >= 0.6 is 0 Å². The first-order valence-corrected chi connectivity index (χ1v) is 21.5. The molecule has 0 amide bonds. The number of nitrogens with zero attached hydrogens (tertiary/aromatic N) is 2. The fourth-order valence-corrected chi connectivity index (χ4v) is 6.13. The molecule has 8 nitrogen and oxygen atoms in total. The maximum absolute atomic E-state index is 6.08. The predicted octanol–water partition coefficient (Wildman–Crippen LogP) is 12.0. The number of aryl methyl sites for hydroxylation is 2. The molecule has 0 atom stereocenters. The molecule has 0 aliphatic heterocycles. The van der Waals surface area contributed by atoms with E-state index < -0.39 is 0 Å². The third-order valence-electron chi connectivity index (χ3n) is 9.05. The standard InChI is InChI=1S/C52H60N2O6/c1-9-27-55-45-33-41(34-46(56-28-10-2)51(45)59-31-13-5)17-15-39-19-23-43(24-20-39)49-37(7)54-50(38(8)53-49)44-25-21-40(22-26-44)16-18-42-35-47(57-29-11-3)52(60-32-14-6)48(36-42)58-30-12-4/h19-26,33-36H,9-14,27-32H2,1-8H3. The van der Waals surface area contributed by atoms with Crippen molar-refractivity contribution in [3.63, 3.8) is 0 Å². The number of rotatable bonds is 20. The lowest BCUT2D eigenvalue weighted by Gasteiger charge is -2.17. The number of hydrogen-bond donors (Lipinski definition) is 0. The smallest absolute Gasteiger partial charge is 0.203 e. The van der Waals surface area contributed by atoms with Crippen molar-refractivity contribution in [1.29, 1.82) is 0 Å². The fourth-order valence-electron chi connectivity index (χ4n) is 6.13. The summed E-state index contributed by atoms with van der Waals surface area (Å²) in [5, 5.41) is 0. The second-order valence-electron chi connectivity index (χ2n) is 14.4. The van der Waals surface area contributed by atoms with Crippen LogP contribution in [0, 0.1) is 37.5 Å². The Morgan fingerprint density at radius 3 is 0.917 bits per heavy atom. The molecular formula is C52H60N2O6. The highest BCUT2D eigenvalue weighted by atomic mass is 16.5. The predicted molar refractivity (Wildman–Crippen MR) is 242 cm³/mol. The Kier molecular flexibility index (Phi) is 17.6. The van der Waals surface area contributed by atoms with Gasteiger partial charge in [0.05, 0.1) is 62.4 Å². The molecule has 0 radical (unpaired) electrons. The van der Waals surface area contributed by atoms with Crippen molar-refractivity contribution in [2.24, 2.45) is 0 Å². The van der Waals surface area contributed by atoms with Crippen molar-refractivity contribution in [3.8, 4) is 80.7 Å². The van der Waals surface area contributed by atoms with Crippen LogP contribution in [0.5, 0.6) is 34.5 Å². The lowest BCUT2D eigenvalue weighted by atomic mass is 10.0. The lowest BCUT2D eigenvalue weighted by Crippen LogP contribution is -2.05. The first-order valence-electron chi connectivity index (χ1n) is 21.5. The summed E-state index contributed by atoms with van der Waals surface area (Å²) in [5.41, 5.74) is 8.69. The van der Waals surface area contributed by atoms with E-state index in [1.165, 1.54) is 0 Å². The van der Waals surface area contributed by atoms with Crippen LogP contribution in [0.2, 0.25) is 0 Å². The van der Waals surface area contributed by atoms with Crippen molar-refractivity contribution in [2.75, 3.05) is 39.6 Å². The molecule has 0 spiro atoms. The summed E-state index contributed by atoms with van der Waals surface area (Å²) in [5.74, 6) is 17.2. The molecule has 0 aliphatic carbocycles. The average Bonchev–Trinajstić information content (AvgIpc) is 3.27. The number of ether oxygens (including phenoxy) is 6. The highest BCUT2D eigenvalue weighted by Gasteiger charge is 2.17. The van der Waals surface area contributed by atoms with Gasteiger partial charge < -0.3 is 28.4 Å². The molecular weight excluding hydrogens is 749 g/mol. The summed E-state index contributed by atoms with van der Waals surface area (Å²) in [7, 11) is 0. The Bertz CT molecular complexity index is 2060. The number of benzene rings is 4. The van der Waals surface area contributed by atoms with Crippen molar-refractivity contribution in [1.82, 2.24) is 9.97 Å². The molecule has 0 aliphatic rings. The van der Waals surface area contributed by atoms with Gasteiger partial charge in [-0.15, -0.1) is 0 Å². The number of hydrogen-bond acceptors (Lipinski definition) is 8. The fraction of sp³-hybridized carbons (Fsp3) is 0.385. The van der Waals surface area contributed by atoms with Crippen LogP contribution in [0.3, 0.4) is 0 Å². The Labute approximate surface area is 358 Å². The van der Waals surface area contributed by atoms with Crippen molar-refractivity contribution in [2.45, 2.75) is 93.9 Å². The molecule has 0 saturated heterocycles. The van der Waals surface area contributed by atoms with Crippen molar-refractivity contribution >= 4 is 0 Å². The van der Waals surface area contributed by atoms with Crippen LogP contribution in [-0.2, 0) is 0 Å². The SMILES string of the molecule is CCCOc1cc(C#Cc2ccc(-c3nc(C)c(-c4ccc(C#Cc5cc(OCCC)c(OCCC)c(OCCC)c5)cc4)nc3C)cc2)cc(OCCC)c1OCCC. The van der Waals surface area contributed by atoms with E-state index in [0.717, 1.165) is 94.7 Å². The summed E-state index contributed by atoms with van der Waals surface area (Å²) in [6.45, 7) is 20.0. The summed E-state index contributed by atoms with van der Waals surface area (Å²) in [6.07, 6.45) is 5.31.